The Labute approximate surface area is 128 Å². The number of hydrogen-bond acceptors (Lipinski definition) is 3. The first-order valence-corrected chi connectivity index (χ1v) is 7.53. The van der Waals surface area contributed by atoms with Gasteiger partial charge in [0.25, 0.3) is 5.91 Å². The second-order valence-electron chi connectivity index (χ2n) is 5.53. The molecule has 1 aliphatic heterocycles. The first-order valence-electron chi connectivity index (χ1n) is 7.53. The second kappa shape index (κ2) is 6.70. The minimum absolute atomic E-state index is 0.174. The van der Waals surface area contributed by atoms with Gasteiger partial charge in [-0.3, -0.25) is 4.79 Å². The first-order chi connectivity index (χ1) is 10.7. The second-order valence-corrected chi connectivity index (χ2v) is 5.53. The molecule has 1 atom stereocenters. The van der Waals surface area contributed by atoms with E-state index in [1.165, 1.54) is 18.6 Å². The molecule has 5 nitrogen and oxygen atoms in total. The van der Waals surface area contributed by atoms with Crippen LogP contribution in [0.1, 0.15) is 23.3 Å². The fourth-order valence-electron chi connectivity index (χ4n) is 2.62. The molecule has 0 bridgehead atoms. The molecule has 0 aliphatic carbocycles. The highest BCUT2D eigenvalue weighted by atomic mass is 19.1. The summed E-state index contributed by atoms with van der Waals surface area (Å²) >= 11 is 0. The predicted molar refractivity (Wildman–Crippen MR) is 81.4 cm³/mol. The van der Waals surface area contributed by atoms with E-state index in [9.17, 15) is 9.18 Å². The smallest absolute Gasteiger partial charge is 0.271 e. The zero-order chi connectivity index (χ0) is 15.4. The molecule has 1 fully saturated rings. The standard InChI is InChI=1S/C16H19FN4O/c17-13-1-3-14(4-2-13)21-10-7-15(20-21)16(22)19-9-6-12-5-8-18-11-12/h1-4,7,10,12,18H,5-6,8-9,11H2,(H,19,22). The molecular formula is C16H19FN4O. The molecule has 2 aromatic rings. The number of amides is 1. The lowest BCUT2D eigenvalue weighted by atomic mass is 10.1. The van der Waals surface area contributed by atoms with Crippen molar-refractivity contribution in [2.24, 2.45) is 5.92 Å². The van der Waals surface area contributed by atoms with Crippen LogP contribution < -0.4 is 10.6 Å². The van der Waals surface area contributed by atoms with E-state index in [0.717, 1.165) is 25.2 Å². The number of rotatable bonds is 5. The molecule has 1 saturated heterocycles. The number of carbonyl (C=O) groups is 1. The maximum atomic E-state index is 12.9. The van der Waals surface area contributed by atoms with E-state index in [0.29, 0.717) is 18.2 Å². The monoisotopic (exact) mass is 302 g/mol. The number of hydrogen-bond donors (Lipinski definition) is 2. The Hall–Kier alpha value is -2.21. The third kappa shape index (κ3) is 3.51. The van der Waals surface area contributed by atoms with Gasteiger partial charge in [-0.15, -0.1) is 0 Å². The molecule has 1 unspecified atom stereocenters. The Morgan fingerprint density at radius 3 is 2.91 bits per heavy atom. The highest BCUT2D eigenvalue weighted by molar-refractivity contribution is 5.92. The van der Waals surface area contributed by atoms with E-state index in [1.54, 1.807) is 29.1 Å². The zero-order valence-corrected chi connectivity index (χ0v) is 12.3. The van der Waals surface area contributed by atoms with Crippen LogP contribution in [0.3, 0.4) is 0 Å². The third-order valence-corrected chi connectivity index (χ3v) is 3.91. The number of carbonyl (C=O) groups excluding carboxylic acids is 1. The average molecular weight is 302 g/mol. The van der Waals surface area contributed by atoms with Crippen LogP contribution in [0.4, 0.5) is 4.39 Å². The van der Waals surface area contributed by atoms with Gasteiger partial charge in [0.05, 0.1) is 5.69 Å². The lowest BCUT2D eigenvalue weighted by Crippen LogP contribution is -2.26. The number of nitrogens with zero attached hydrogens (tertiary/aromatic N) is 2. The van der Waals surface area contributed by atoms with E-state index in [4.69, 9.17) is 0 Å². The van der Waals surface area contributed by atoms with Crippen molar-refractivity contribution in [2.45, 2.75) is 12.8 Å². The summed E-state index contributed by atoms with van der Waals surface area (Å²) in [4.78, 5) is 12.1. The van der Waals surface area contributed by atoms with E-state index in [-0.39, 0.29) is 11.7 Å². The van der Waals surface area contributed by atoms with Crippen molar-refractivity contribution < 1.29 is 9.18 Å². The highest BCUT2D eigenvalue weighted by Crippen LogP contribution is 2.11. The Morgan fingerprint density at radius 1 is 1.36 bits per heavy atom. The van der Waals surface area contributed by atoms with Crippen molar-refractivity contribution in [3.63, 3.8) is 0 Å². The van der Waals surface area contributed by atoms with Crippen LogP contribution in [-0.2, 0) is 0 Å². The fraction of sp³-hybridized carbons (Fsp3) is 0.375. The van der Waals surface area contributed by atoms with Gasteiger partial charge in [0.2, 0.25) is 0 Å². The molecule has 0 saturated carbocycles. The van der Waals surface area contributed by atoms with Crippen molar-refractivity contribution in [3.8, 4) is 5.69 Å². The van der Waals surface area contributed by atoms with Crippen LogP contribution in [-0.4, -0.2) is 35.3 Å². The van der Waals surface area contributed by atoms with Gasteiger partial charge >= 0.3 is 0 Å². The maximum absolute atomic E-state index is 12.9. The molecule has 2 heterocycles. The molecule has 116 valence electrons. The summed E-state index contributed by atoms with van der Waals surface area (Å²) in [5.74, 6) is 0.180. The summed E-state index contributed by atoms with van der Waals surface area (Å²) in [7, 11) is 0. The molecule has 1 aliphatic rings. The predicted octanol–water partition coefficient (Wildman–Crippen LogP) is 1.74. The van der Waals surface area contributed by atoms with Crippen LogP contribution in [0.2, 0.25) is 0 Å². The van der Waals surface area contributed by atoms with Crippen molar-refractivity contribution >= 4 is 5.91 Å². The van der Waals surface area contributed by atoms with E-state index in [1.807, 2.05) is 0 Å². The van der Waals surface area contributed by atoms with Gasteiger partial charge in [-0.1, -0.05) is 0 Å². The van der Waals surface area contributed by atoms with Crippen LogP contribution in [0.25, 0.3) is 5.69 Å². The summed E-state index contributed by atoms with van der Waals surface area (Å²) < 4.78 is 14.5. The first kappa shape index (κ1) is 14.7. The summed E-state index contributed by atoms with van der Waals surface area (Å²) in [6, 6.07) is 7.64. The number of aromatic nitrogens is 2. The Kier molecular flexibility index (Phi) is 4.48. The molecule has 0 radical (unpaired) electrons. The molecule has 1 aromatic carbocycles. The van der Waals surface area contributed by atoms with Crippen molar-refractivity contribution in [1.29, 1.82) is 0 Å². The average Bonchev–Trinajstić information content (AvgIpc) is 3.19. The number of nitrogens with one attached hydrogen (secondary N) is 2. The van der Waals surface area contributed by atoms with E-state index >= 15 is 0 Å². The summed E-state index contributed by atoms with van der Waals surface area (Å²) in [5, 5.41) is 10.4. The largest absolute Gasteiger partial charge is 0.351 e. The van der Waals surface area contributed by atoms with Gasteiger partial charge in [0.1, 0.15) is 5.82 Å². The van der Waals surface area contributed by atoms with Crippen LogP contribution >= 0.6 is 0 Å². The van der Waals surface area contributed by atoms with Gasteiger partial charge in [-0.05, 0) is 62.2 Å². The van der Waals surface area contributed by atoms with Gasteiger partial charge in [-0.2, -0.15) is 5.10 Å². The van der Waals surface area contributed by atoms with Crippen molar-refractivity contribution in [1.82, 2.24) is 20.4 Å². The third-order valence-electron chi connectivity index (χ3n) is 3.91. The SMILES string of the molecule is O=C(NCCC1CCNC1)c1ccn(-c2ccc(F)cc2)n1. The lowest BCUT2D eigenvalue weighted by molar-refractivity contribution is 0.0946. The summed E-state index contributed by atoms with van der Waals surface area (Å²) in [5.41, 5.74) is 1.09. The Balaban J connectivity index is 1.55. The van der Waals surface area contributed by atoms with Crippen molar-refractivity contribution in [3.05, 3.63) is 48.0 Å². The van der Waals surface area contributed by atoms with E-state index < -0.39 is 0 Å². The highest BCUT2D eigenvalue weighted by Gasteiger charge is 2.15. The lowest BCUT2D eigenvalue weighted by Gasteiger charge is -2.08. The molecule has 2 N–H and O–H groups in total. The molecule has 3 rings (SSSR count). The van der Waals surface area contributed by atoms with Crippen LogP contribution in [0.15, 0.2) is 36.5 Å². The molecule has 0 spiro atoms. The Bertz CT molecular complexity index is 632. The Morgan fingerprint density at radius 2 is 2.18 bits per heavy atom. The van der Waals surface area contributed by atoms with E-state index in [2.05, 4.69) is 15.7 Å². The fourth-order valence-corrected chi connectivity index (χ4v) is 2.62. The molecule has 1 aromatic heterocycles. The molecule has 1 amide bonds. The topological polar surface area (TPSA) is 59.0 Å². The molecular weight excluding hydrogens is 283 g/mol. The normalized spacial score (nSPS) is 17.6. The minimum atomic E-state index is -0.296. The maximum Gasteiger partial charge on any atom is 0.271 e. The number of benzene rings is 1. The van der Waals surface area contributed by atoms with Gasteiger partial charge < -0.3 is 10.6 Å². The van der Waals surface area contributed by atoms with Crippen LogP contribution in [0.5, 0.6) is 0 Å². The minimum Gasteiger partial charge on any atom is -0.351 e. The molecule has 22 heavy (non-hydrogen) atoms. The van der Waals surface area contributed by atoms with Gasteiger partial charge in [0.15, 0.2) is 5.69 Å². The molecule has 6 heteroatoms. The van der Waals surface area contributed by atoms with Gasteiger partial charge in [-0.25, -0.2) is 9.07 Å². The summed E-state index contributed by atoms with van der Waals surface area (Å²) in [6.07, 6.45) is 3.86. The quantitative estimate of drug-likeness (QED) is 0.884. The number of halogens is 1. The van der Waals surface area contributed by atoms with Crippen LogP contribution in [0, 0.1) is 11.7 Å². The van der Waals surface area contributed by atoms with Gasteiger partial charge in [0, 0.05) is 12.7 Å². The summed E-state index contributed by atoms with van der Waals surface area (Å²) in [6.45, 7) is 2.77. The van der Waals surface area contributed by atoms with Crippen molar-refractivity contribution in [2.75, 3.05) is 19.6 Å². The zero-order valence-electron chi connectivity index (χ0n) is 12.3.